The van der Waals surface area contributed by atoms with Crippen molar-refractivity contribution in [1.29, 1.82) is 0 Å². The molecule has 4 heteroatoms. The van der Waals surface area contributed by atoms with Crippen LogP contribution in [0.25, 0.3) is 0 Å². The van der Waals surface area contributed by atoms with E-state index in [1.165, 1.54) is 10.4 Å². The largest absolute Gasteiger partial charge is 0.496 e. The highest BCUT2D eigenvalue weighted by Gasteiger charge is 2.16. The quantitative estimate of drug-likeness (QED) is 0.830. The second-order valence-electron chi connectivity index (χ2n) is 5.12. The molecule has 1 unspecified atom stereocenters. The molecule has 2 rings (SSSR count). The second-order valence-corrected chi connectivity index (χ2v) is 6.06. The molecule has 21 heavy (non-hydrogen) atoms. The van der Waals surface area contributed by atoms with Gasteiger partial charge in [-0.2, -0.15) is 0 Å². The zero-order valence-electron chi connectivity index (χ0n) is 13.1. The highest BCUT2D eigenvalue weighted by molar-refractivity contribution is 7.10. The van der Waals surface area contributed by atoms with Crippen molar-refractivity contribution in [2.45, 2.75) is 32.9 Å². The van der Waals surface area contributed by atoms with Gasteiger partial charge in [-0.1, -0.05) is 19.1 Å². The van der Waals surface area contributed by atoms with Crippen molar-refractivity contribution in [3.05, 3.63) is 46.2 Å². The van der Waals surface area contributed by atoms with E-state index in [1.807, 2.05) is 31.4 Å². The minimum absolute atomic E-state index is 0.166. The number of benzene rings is 1. The van der Waals surface area contributed by atoms with Crippen LogP contribution in [0.1, 0.15) is 37.3 Å². The van der Waals surface area contributed by atoms with Crippen molar-refractivity contribution < 1.29 is 9.47 Å². The molecule has 1 N–H and O–H groups in total. The Hall–Kier alpha value is -1.52. The number of hydrogen-bond acceptors (Lipinski definition) is 4. The van der Waals surface area contributed by atoms with E-state index in [0.29, 0.717) is 0 Å². The van der Waals surface area contributed by atoms with E-state index in [9.17, 15) is 0 Å². The lowest BCUT2D eigenvalue weighted by molar-refractivity contribution is 0.242. The summed E-state index contributed by atoms with van der Waals surface area (Å²) in [4.78, 5) is 1.25. The monoisotopic (exact) mass is 305 g/mol. The summed E-state index contributed by atoms with van der Waals surface area (Å²) in [5.41, 5.74) is 1.21. The molecule has 0 spiro atoms. The lowest BCUT2D eigenvalue weighted by atomic mass is 10.0. The maximum Gasteiger partial charge on any atom is 0.129 e. The Morgan fingerprint density at radius 3 is 2.62 bits per heavy atom. The van der Waals surface area contributed by atoms with E-state index in [4.69, 9.17) is 9.47 Å². The number of rotatable bonds is 7. The van der Waals surface area contributed by atoms with Crippen molar-refractivity contribution >= 4 is 11.3 Å². The van der Waals surface area contributed by atoms with Gasteiger partial charge >= 0.3 is 0 Å². The van der Waals surface area contributed by atoms with Crippen LogP contribution in [0.5, 0.6) is 11.5 Å². The molecule has 0 saturated heterocycles. The van der Waals surface area contributed by atoms with Crippen LogP contribution in [-0.2, 0) is 0 Å². The van der Waals surface area contributed by atoms with Crippen LogP contribution < -0.4 is 14.8 Å². The van der Waals surface area contributed by atoms with E-state index in [2.05, 4.69) is 30.4 Å². The maximum atomic E-state index is 5.80. The van der Waals surface area contributed by atoms with Crippen molar-refractivity contribution in [2.75, 3.05) is 13.7 Å². The molecule has 0 aliphatic rings. The van der Waals surface area contributed by atoms with E-state index in [-0.39, 0.29) is 12.1 Å². The number of methoxy groups -OCH3 is 1. The van der Waals surface area contributed by atoms with Gasteiger partial charge in [-0.15, -0.1) is 11.3 Å². The standard InChI is InChI=1S/C17H23NO2S/c1-5-18-17(16-10-15(19-4)11-21-16)13-7-6-8-14(9-13)20-12(2)3/h6-12,17-18H,5H2,1-4H3. The third kappa shape index (κ3) is 4.22. The van der Waals surface area contributed by atoms with Gasteiger partial charge in [0.05, 0.1) is 19.3 Å². The van der Waals surface area contributed by atoms with Crippen molar-refractivity contribution in [3.8, 4) is 11.5 Å². The first-order chi connectivity index (χ1) is 10.1. The molecule has 1 atom stereocenters. The zero-order valence-corrected chi connectivity index (χ0v) is 13.9. The molecule has 114 valence electrons. The van der Waals surface area contributed by atoms with Crippen LogP contribution in [0.4, 0.5) is 0 Å². The van der Waals surface area contributed by atoms with Gasteiger partial charge in [0, 0.05) is 10.3 Å². The lowest BCUT2D eigenvalue weighted by Crippen LogP contribution is -2.21. The van der Waals surface area contributed by atoms with Gasteiger partial charge in [-0.3, -0.25) is 0 Å². The zero-order chi connectivity index (χ0) is 15.2. The van der Waals surface area contributed by atoms with Crippen LogP contribution in [0.15, 0.2) is 35.7 Å². The van der Waals surface area contributed by atoms with E-state index >= 15 is 0 Å². The molecule has 0 radical (unpaired) electrons. The summed E-state index contributed by atoms with van der Waals surface area (Å²) in [5.74, 6) is 1.82. The molecule has 0 fully saturated rings. The fourth-order valence-corrected chi connectivity index (χ4v) is 3.18. The molecule has 0 bridgehead atoms. The Kier molecular flexibility index (Phi) is 5.65. The first-order valence-electron chi connectivity index (χ1n) is 7.26. The fourth-order valence-electron chi connectivity index (χ4n) is 2.22. The van der Waals surface area contributed by atoms with Crippen LogP contribution in [0.3, 0.4) is 0 Å². The molecule has 0 saturated carbocycles. The van der Waals surface area contributed by atoms with E-state index in [1.54, 1.807) is 18.4 Å². The molecular weight excluding hydrogens is 282 g/mol. The van der Waals surface area contributed by atoms with Gasteiger partial charge in [0.25, 0.3) is 0 Å². The summed E-state index contributed by atoms with van der Waals surface area (Å²) in [7, 11) is 1.70. The molecule has 3 nitrogen and oxygen atoms in total. The maximum absolute atomic E-state index is 5.80. The van der Waals surface area contributed by atoms with Gasteiger partial charge in [0.1, 0.15) is 11.5 Å². The van der Waals surface area contributed by atoms with E-state index < -0.39 is 0 Å². The van der Waals surface area contributed by atoms with Crippen LogP contribution in [-0.4, -0.2) is 19.8 Å². The minimum atomic E-state index is 0.166. The fraction of sp³-hybridized carbons (Fsp3) is 0.412. The molecule has 2 aromatic rings. The summed E-state index contributed by atoms with van der Waals surface area (Å²) in [6.45, 7) is 7.10. The molecule has 0 aliphatic carbocycles. The summed E-state index contributed by atoms with van der Waals surface area (Å²) >= 11 is 1.71. The van der Waals surface area contributed by atoms with Crippen molar-refractivity contribution in [3.63, 3.8) is 0 Å². The molecule has 0 aliphatic heterocycles. The van der Waals surface area contributed by atoms with Crippen molar-refractivity contribution in [2.24, 2.45) is 0 Å². The molecule has 0 amide bonds. The molecular formula is C17H23NO2S. The van der Waals surface area contributed by atoms with Gasteiger partial charge in [-0.05, 0) is 44.2 Å². The summed E-state index contributed by atoms with van der Waals surface area (Å²) in [6.07, 6.45) is 0.180. The number of hydrogen-bond donors (Lipinski definition) is 1. The normalized spacial score (nSPS) is 12.4. The smallest absolute Gasteiger partial charge is 0.129 e. The van der Waals surface area contributed by atoms with Gasteiger partial charge < -0.3 is 14.8 Å². The van der Waals surface area contributed by atoms with Crippen molar-refractivity contribution in [1.82, 2.24) is 5.32 Å². The van der Waals surface area contributed by atoms with Gasteiger partial charge in [-0.25, -0.2) is 0 Å². The van der Waals surface area contributed by atoms with Crippen LogP contribution in [0.2, 0.25) is 0 Å². The highest BCUT2D eigenvalue weighted by atomic mass is 32.1. The first kappa shape index (κ1) is 15.9. The first-order valence-corrected chi connectivity index (χ1v) is 8.14. The Morgan fingerprint density at radius 1 is 1.19 bits per heavy atom. The Balaban J connectivity index is 2.29. The predicted molar refractivity (Wildman–Crippen MR) is 88.6 cm³/mol. The van der Waals surface area contributed by atoms with E-state index in [0.717, 1.165) is 18.0 Å². The Labute approximate surface area is 130 Å². The third-order valence-electron chi connectivity index (χ3n) is 3.09. The molecule has 1 aromatic heterocycles. The average Bonchev–Trinajstić information content (AvgIpc) is 2.93. The topological polar surface area (TPSA) is 30.5 Å². The number of nitrogens with one attached hydrogen (secondary N) is 1. The third-order valence-corrected chi connectivity index (χ3v) is 4.06. The lowest BCUT2D eigenvalue weighted by Gasteiger charge is -2.18. The SMILES string of the molecule is CCNC(c1cccc(OC(C)C)c1)c1cc(OC)cs1. The molecule has 1 heterocycles. The minimum Gasteiger partial charge on any atom is -0.496 e. The average molecular weight is 305 g/mol. The molecule has 1 aromatic carbocycles. The van der Waals surface area contributed by atoms with Crippen LogP contribution in [0, 0.1) is 0 Å². The number of thiophene rings is 1. The highest BCUT2D eigenvalue weighted by Crippen LogP contribution is 2.32. The second kappa shape index (κ2) is 7.48. The predicted octanol–water partition coefficient (Wildman–Crippen LogP) is 4.24. The van der Waals surface area contributed by atoms with Crippen LogP contribution >= 0.6 is 11.3 Å². The van der Waals surface area contributed by atoms with Gasteiger partial charge in [0.2, 0.25) is 0 Å². The summed E-state index contributed by atoms with van der Waals surface area (Å²) in [6, 6.07) is 10.5. The summed E-state index contributed by atoms with van der Waals surface area (Å²) < 4.78 is 11.1. The number of ether oxygens (including phenoxy) is 2. The van der Waals surface area contributed by atoms with Gasteiger partial charge in [0.15, 0.2) is 0 Å². The Morgan fingerprint density at radius 2 is 2.00 bits per heavy atom. The Bertz CT molecular complexity index is 565. The summed E-state index contributed by atoms with van der Waals surface area (Å²) in [5, 5.41) is 5.57.